The molecule has 54 heavy (non-hydrogen) atoms. The van der Waals surface area contributed by atoms with Gasteiger partial charge in [0, 0.05) is 37.3 Å². The summed E-state index contributed by atoms with van der Waals surface area (Å²) in [6, 6.07) is 2.72. The van der Waals surface area contributed by atoms with Crippen molar-refractivity contribution < 1.29 is 28.7 Å². The molecule has 6 heterocycles. The monoisotopic (exact) mass is 744 g/mol. The Morgan fingerprint density at radius 2 is 1.11 bits per heavy atom. The second kappa shape index (κ2) is 15.2. The Hall–Kier alpha value is -5.28. The van der Waals surface area contributed by atoms with Gasteiger partial charge in [-0.05, 0) is 60.8 Å². The summed E-state index contributed by atoms with van der Waals surface area (Å²) in [6.45, 7) is 8.83. The number of nitrogens with zero attached hydrogens (tertiary/aromatic N) is 4. The Morgan fingerprint density at radius 1 is 0.704 bits per heavy atom. The van der Waals surface area contributed by atoms with Crippen molar-refractivity contribution in [1.29, 1.82) is 0 Å². The predicted octanol–water partition coefficient (Wildman–Crippen LogP) is 4.64. The Balaban J connectivity index is 0.986. The number of ether oxygens (including phenoxy) is 2. The van der Waals surface area contributed by atoms with Gasteiger partial charge in [-0.15, -0.1) is 0 Å². The van der Waals surface area contributed by atoms with Crippen LogP contribution in [0.3, 0.4) is 0 Å². The maximum Gasteiger partial charge on any atom is 0.407 e. The molecular weight excluding hydrogens is 692 g/mol. The van der Waals surface area contributed by atoms with Crippen LogP contribution in [0, 0.1) is 11.8 Å². The Kier molecular flexibility index (Phi) is 10.4. The molecule has 6 N–H and O–H groups in total. The molecule has 0 aliphatic carbocycles. The highest BCUT2D eigenvalue weighted by molar-refractivity contribution is 5.87. The van der Waals surface area contributed by atoms with Crippen LogP contribution in [0.25, 0.3) is 0 Å². The minimum Gasteiger partial charge on any atom is -0.453 e. The number of anilines is 2. The third-order valence-corrected chi connectivity index (χ3v) is 11.3. The number of methoxy groups -OCH3 is 2. The van der Waals surface area contributed by atoms with Crippen LogP contribution in [0.4, 0.5) is 21.0 Å². The Labute approximate surface area is 314 Å². The number of hydrogen-bond acceptors (Lipinski definition) is 10. The number of H-pyrrole nitrogens is 2. The van der Waals surface area contributed by atoms with E-state index in [1.807, 2.05) is 49.9 Å². The van der Waals surface area contributed by atoms with Crippen LogP contribution in [-0.4, -0.2) is 93.1 Å². The number of hydrogen-bond donors (Lipinski definition) is 6. The van der Waals surface area contributed by atoms with Crippen molar-refractivity contribution >= 4 is 35.4 Å². The molecule has 0 spiro atoms. The van der Waals surface area contributed by atoms with Gasteiger partial charge in [0.05, 0.1) is 62.2 Å². The van der Waals surface area contributed by atoms with E-state index in [0.29, 0.717) is 13.1 Å². The largest absolute Gasteiger partial charge is 0.453 e. The van der Waals surface area contributed by atoms with Crippen LogP contribution >= 0.6 is 0 Å². The lowest BCUT2D eigenvalue weighted by Gasteiger charge is -2.30. The van der Waals surface area contributed by atoms with Gasteiger partial charge >= 0.3 is 12.2 Å². The Bertz CT molecular complexity index is 1720. The second-order valence-corrected chi connectivity index (χ2v) is 15.5. The third kappa shape index (κ3) is 7.17. The Morgan fingerprint density at radius 3 is 1.48 bits per heavy atom. The van der Waals surface area contributed by atoms with Crippen molar-refractivity contribution in [2.45, 2.75) is 102 Å². The van der Waals surface area contributed by atoms with Crippen molar-refractivity contribution in [3.63, 3.8) is 0 Å². The van der Waals surface area contributed by atoms with Gasteiger partial charge < -0.3 is 50.5 Å². The first-order valence-corrected chi connectivity index (χ1v) is 19.0. The molecule has 4 amide bonds. The number of carbonyl (C=O) groups excluding carboxylic acids is 4. The van der Waals surface area contributed by atoms with Crippen molar-refractivity contribution in [3.8, 4) is 0 Å². The number of imidazole rings is 2. The lowest BCUT2D eigenvalue weighted by atomic mass is 10.0. The van der Waals surface area contributed by atoms with Gasteiger partial charge in [0.25, 0.3) is 0 Å². The smallest absolute Gasteiger partial charge is 0.407 e. The highest BCUT2D eigenvalue weighted by Crippen LogP contribution is 2.43. The number of amides is 4. The molecule has 16 nitrogen and oxygen atoms in total. The lowest BCUT2D eigenvalue weighted by Crippen LogP contribution is -2.51. The summed E-state index contributed by atoms with van der Waals surface area (Å²) in [5.74, 6) is 1.04. The fourth-order valence-electron chi connectivity index (χ4n) is 8.37. The van der Waals surface area contributed by atoms with E-state index in [2.05, 4.69) is 43.4 Å². The zero-order valence-electron chi connectivity index (χ0n) is 31.8. The van der Waals surface area contributed by atoms with Gasteiger partial charge in [-0.25, -0.2) is 19.6 Å². The summed E-state index contributed by atoms with van der Waals surface area (Å²) < 4.78 is 9.53. The average molecular weight is 745 g/mol. The molecule has 7 rings (SSSR count). The molecule has 6 unspecified atom stereocenters. The number of rotatable bonds is 10. The molecule has 2 fully saturated rings. The number of fused-ring (bicyclic) bond motifs is 2. The summed E-state index contributed by atoms with van der Waals surface area (Å²) >= 11 is 0. The summed E-state index contributed by atoms with van der Waals surface area (Å²) in [4.78, 5) is 71.3. The van der Waals surface area contributed by atoms with Crippen LogP contribution in [0.2, 0.25) is 0 Å². The van der Waals surface area contributed by atoms with E-state index in [1.54, 1.807) is 0 Å². The average Bonchev–Trinajstić information content (AvgIpc) is 4.00. The van der Waals surface area contributed by atoms with Gasteiger partial charge in [0.2, 0.25) is 11.8 Å². The number of carbonyl (C=O) groups is 4. The molecule has 16 heteroatoms. The number of aromatic nitrogens is 4. The first-order chi connectivity index (χ1) is 25.9. The van der Waals surface area contributed by atoms with E-state index in [-0.39, 0.29) is 47.8 Å². The normalized spacial score (nSPS) is 22.7. The van der Waals surface area contributed by atoms with E-state index < -0.39 is 24.3 Å². The fraction of sp³-hybridized carbons (Fsp3) is 0.579. The molecule has 0 radical (unpaired) electrons. The number of benzene rings is 1. The lowest BCUT2D eigenvalue weighted by molar-refractivity contribution is -0.136. The highest BCUT2D eigenvalue weighted by atomic mass is 16.5. The highest BCUT2D eigenvalue weighted by Gasteiger charge is 2.40. The summed E-state index contributed by atoms with van der Waals surface area (Å²) in [5, 5.41) is 12.8. The quantitative estimate of drug-likeness (QED) is 0.170. The van der Waals surface area contributed by atoms with Crippen molar-refractivity contribution in [2.75, 3.05) is 37.9 Å². The fourth-order valence-corrected chi connectivity index (χ4v) is 8.37. The molecule has 6 atom stereocenters. The van der Waals surface area contributed by atoms with Crippen LogP contribution in [-0.2, 0) is 31.9 Å². The molecule has 0 bridgehead atoms. The summed E-state index contributed by atoms with van der Waals surface area (Å²) in [6.07, 6.45) is 7.35. The van der Waals surface area contributed by atoms with Gasteiger partial charge in [0.15, 0.2) is 0 Å². The molecule has 1 aromatic carbocycles. The number of likely N-dealkylation sites (tertiary alicyclic amines) is 2. The van der Waals surface area contributed by atoms with Gasteiger partial charge in [0.1, 0.15) is 23.7 Å². The molecule has 4 aliphatic rings. The van der Waals surface area contributed by atoms with E-state index in [0.717, 1.165) is 72.9 Å². The van der Waals surface area contributed by atoms with Crippen molar-refractivity contribution in [1.82, 2.24) is 40.4 Å². The minimum atomic E-state index is -0.682. The molecule has 4 aliphatic heterocycles. The van der Waals surface area contributed by atoms with E-state index in [4.69, 9.17) is 19.4 Å². The maximum absolute atomic E-state index is 13.6. The van der Waals surface area contributed by atoms with Crippen LogP contribution in [0.5, 0.6) is 0 Å². The molecular formula is C38H52N10O6. The number of alkyl carbamates (subject to hydrolysis) is 2. The molecule has 3 aromatic rings. The van der Waals surface area contributed by atoms with E-state index in [1.165, 1.54) is 25.3 Å². The summed E-state index contributed by atoms with van der Waals surface area (Å²) in [7, 11) is 2.59. The zero-order valence-corrected chi connectivity index (χ0v) is 31.8. The molecule has 0 saturated carbocycles. The SMILES string of the molecule is COC(=O)NC(C(=O)N1CCCC1c1ncc(C2Cc3cc4c(cc3N2)CC(c2cnc(C3CCCN3C(=O)C(NC(=O)OC)C(C)C)[nH]2)N4)[nH]1)C(C)C. The van der Waals surface area contributed by atoms with E-state index >= 15 is 0 Å². The zero-order chi connectivity index (χ0) is 38.3. The van der Waals surface area contributed by atoms with Crippen LogP contribution in [0.1, 0.15) is 112 Å². The molecule has 2 saturated heterocycles. The molecule has 290 valence electrons. The van der Waals surface area contributed by atoms with Gasteiger partial charge in [-0.2, -0.15) is 0 Å². The van der Waals surface area contributed by atoms with Crippen LogP contribution in [0.15, 0.2) is 24.5 Å². The van der Waals surface area contributed by atoms with Gasteiger partial charge in [-0.3, -0.25) is 9.59 Å². The predicted molar refractivity (Wildman–Crippen MR) is 199 cm³/mol. The van der Waals surface area contributed by atoms with Crippen molar-refractivity contribution in [3.05, 3.63) is 58.7 Å². The van der Waals surface area contributed by atoms with Crippen LogP contribution < -0.4 is 21.3 Å². The number of aromatic amines is 2. The number of nitrogens with one attached hydrogen (secondary N) is 6. The summed E-state index contributed by atoms with van der Waals surface area (Å²) in [5.41, 5.74) is 6.53. The minimum absolute atomic E-state index is 0.0138. The van der Waals surface area contributed by atoms with Gasteiger partial charge in [-0.1, -0.05) is 27.7 Å². The molecule has 2 aromatic heterocycles. The van der Waals surface area contributed by atoms with Crippen molar-refractivity contribution in [2.24, 2.45) is 11.8 Å². The first-order valence-electron chi connectivity index (χ1n) is 19.0. The first kappa shape index (κ1) is 37.1. The second-order valence-electron chi connectivity index (χ2n) is 15.5. The third-order valence-electron chi connectivity index (χ3n) is 11.3. The standard InChI is InChI=1S/C38H52N10O6/c1-19(2)31(45-37(51)53-5)35(49)47-11-7-9-29(47)33-39-17-27(43-33)25-15-21-13-24-22(14-23(21)41-25)16-26(42-24)28-18-40-34(44-28)30-10-8-12-48(30)36(50)32(20(3)4)46-38(52)54-6/h13-14,17-20,25-26,29-32,41-42H,7-12,15-16H2,1-6H3,(H,39,43)(H,40,44)(H,45,51)(H,46,52). The topological polar surface area (TPSA) is 199 Å². The van der Waals surface area contributed by atoms with E-state index in [9.17, 15) is 19.2 Å². The maximum atomic E-state index is 13.6.